The molecule has 1 fully saturated rings. The first-order valence-electron chi connectivity index (χ1n) is 9.49. The first-order valence-corrected chi connectivity index (χ1v) is 11.7. The van der Waals surface area contributed by atoms with E-state index in [1.54, 1.807) is 30.7 Å². The summed E-state index contributed by atoms with van der Waals surface area (Å²) in [6.07, 6.45) is 2.06. The number of amides is 1. The van der Waals surface area contributed by atoms with Crippen molar-refractivity contribution < 1.29 is 22.7 Å². The van der Waals surface area contributed by atoms with Crippen molar-refractivity contribution in [1.29, 1.82) is 0 Å². The Kier molecular flexibility index (Phi) is 7.25. The fourth-order valence-corrected chi connectivity index (χ4v) is 4.98. The van der Waals surface area contributed by atoms with Crippen LogP contribution in [0.1, 0.15) is 18.7 Å². The third-order valence-corrected chi connectivity index (χ3v) is 7.36. The minimum absolute atomic E-state index is 0.00938. The predicted octanol–water partition coefficient (Wildman–Crippen LogP) is 2.62. The Hall–Kier alpha value is -2.14. The molecule has 0 unspecified atom stereocenters. The van der Waals surface area contributed by atoms with Gasteiger partial charge in [-0.05, 0) is 38.0 Å². The number of anilines is 1. The molecule has 1 saturated heterocycles. The molecule has 168 valence electrons. The zero-order valence-electron chi connectivity index (χ0n) is 17.0. The number of nitrogens with zero attached hydrogens (tertiary/aromatic N) is 3. The fourth-order valence-electron chi connectivity index (χ4n) is 3.15. The number of piperidine rings is 1. The van der Waals surface area contributed by atoms with Gasteiger partial charge in [-0.1, -0.05) is 23.2 Å². The molecule has 1 aliphatic rings. The molecule has 1 aromatic carbocycles. The average molecular weight is 489 g/mol. The zero-order valence-corrected chi connectivity index (χ0v) is 19.3. The van der Waals surface area contributed by atoms with Crippen LogP contribution in [0.2, 0.25) is 10.0 Å². The Morgan fingerprint density at radius 2 is 1.94 bits per heavy atom. The minimum atomic E-state index is -3.72. The van der Waals surface area contributed by atoms with E-state index in [0.717, 1.165) is 0 Å². The van der Waals surface area contributed by atoms with E-state index < -0.39 is 34.4 Å². The Morgan fingerprint density at radius 1 is 1.26 bits per heavy atom. The van der Waals surface area contributed by atoms with Crippen LogP contribution in [0.4, 0.5) is 5.69 Å². The molecule has 2 heterocycles. The molecule has 31 heavy (non-hydrogen) atoms. The summed E-state index contributed by atoms with van der Waals surface area (Å²) in [5.41, 5.74) is 0.318. The van der Waals surface area contributed by atoms with Gasteiger partial charge in [0.25, 0.3) is 15.9 Å². The largest absolute Gasteiger partial charge is 0.455 e. The van der Waals surface area contributed by atoms with Crippen molar-refractivity contribution in [3.05, 3.63) is 40.3 Å². The molecular weight excluding hydrogens is 467 g/mol. The number of esters is 1. The molecule has 1 amide bonds. The molecule has 0 bridgehead atoms. The molecule has 0 saturated carbocycles. The van der Waals surface area contributed by atoms with E-state index in [1.165, 1.54) is 16.6 Å². The van der Waals surface area contributed by atoms with Gasteiger partial charge in [-0.2, -0.15) is 4.31 Å². The Morgan fingerprint density at radius 3 is 2.55 bits per heavy atom. The van der Waals surface area contributed by atoms with Gasteiger partial charge in [0.2, 0.25) is 0 Å². The number of hydrogen-bond donors (Lipinski definition) is 1. The predicted molar refractivity (Wildman–Crippen MR) is 115 cm³/mol. The quantitative estimate of drug-likeness (QED) is 0.625. The summed E-state index contributed by atoms with van der Waals surface area (Å²) in [6.45, 7) is 1.58. The molecule has 0 radical (unpaired) electrons. The minimum Gasteiger partial charge on any atom is -0.455 e. The second kappa shape index (κ2) is 9.56. The van der Waals surface area contributed by atoms with Gasteiger partial charge in [0.05, 0.1) is 16.6 Å². The van der Waals surface area contributed by atoms with Crippen LogP contribution in [0, 0.1) is 12.8 Å². The number of ether oxygens (including phenoxy) is 1. The van der Waals surface area contributed by atoms with Gasteiger partial charge in [0, 0.05) is 31.4 Å². The first-order chi connectivity index (χ1) is 14.6. The molecule has 9 nitrogen and oxygen atoms in total. The monoisotopic (exact) mass is 488 g/mol. The van der Waals surface area contributed by atoms with Crippen molar-refractivity contribution in [2.45, 2.75) is 24.8 Å². The van der Waals surface area contributed by atoms with Crippen LogP contribution in [0.15, 0.2) is 29.4 Å². The topological polar surface area (TPSA) is 111 Å². The van der Waals surface area contributed by atoms with Crippen LogP contribution < -0.4 is 5.32 Å². The molecule has 1 aliphatic heterocycles. The van der Waals surface area contributed by atoms with E-state index >= 15 is 0 Å². The maximum atomic E-state index is 12.7. The summed E-state index contributed by atoms with van der Waals surface area (Å²) in [7, 11) is -2.00. The van der Waals surface area contributed by atoms with Crippen molar-refractivity contribution in [3.63, 3.8) is 0 Å². The SMILES string of the molecule is Cc1nc(S(=O)(=O)N2CCC(C(=O)OCC(=O)Nc3cc(Cl)ccc3Cl)CC2)cn1C. The smallest absolute Gasteiger partial charge is 0.309 e. The molecule has 1 N–H and O–H groups in total. The highest BCUT2D eigenvalue weighted by Crippen LogP contribution is 2.26. The van der Waals surface area contributed by atoms with E-state index in [9.17, 15) is 18.0 Å². The molecule has 0 spiro atoms. The van der Waals surface area contributed by atoms with E-state index in [2.05, 4.69) is 10.3 Å². The van der Waals surface area contributed by atoms with Crippen LogP contribution in [-0.4, -0.2) is 53.8 Å². The van der Waals surface area contributed by atoms with Gasteiger partial charge < -0.3 is 14.6 Å². The van der Waals surface area contributed by atoms with E-state index in [-0.39, 0.29) is 18.1 Å². The maximum absolute atomic E-state index is 12.7. The number of hydrogen-bond acceptors (Lipinski definition) is 6. The van der Waals surface area contributed by atoms with Gasteiger partial charge in [0.15, 0.2) is 11.6 Å². The van der Waals surface area contributed by atoms with Crippen molar-refractivity contribution in [1.82, 2.24) is 13.9 Å². The number of carbonyl (C=O) groups is 2. The average Bonchev–Trinajstić information content (AvgIpc) is 3.08. The number of imidazole rings is 1. The van der Waals surface area contributed by atoms with Crippen LogP contribution in [0.5, 0.6) is 0 Å². The van der Waals surface area contributed by atoms with Gasteiger partial charge in [0.1, 0.15) is 5.82 Å². The Balaban J connectivity index is 1.50. The highest BCUT2D eigenvalue weighted by molar-refractivity contribution is 7.89. The van der Waals surface area contributed by atoms with Gasteiger partial charge in [-0.15, -0.1) is 0 Å². The van der Waals surface area contributed by atoms with Crippen LogP contribution in [0.3, 0.4) is 0 Å². The summed E-state index contributed by atoms with van der Waals surface area (Å²) in [4.78, 5) is 28.4. The van der Waals surface area contributed by atoms with Crippen molar-refractivity contribution in [3.8, 4) is 0 Å². The van der Waals surface area contributed by atoms with Gasteiger partial charge in [-0.25, -0.2) is 13.4 Å². The molecule has 1 aromatic heterocycles. The number of benzene rings is 1. The van der Waals surface area contributed by atoms with Crippen molar-refractivity contribution >= 4 is 50.8 Å². The summed E-state index contributed by atoms with van der Waals surface area (Å²) >= 11 is 11.9. The molecule has 12 heteroatoms. The molecule has 0 aliphatic carbocycles. The number of carbonyl (C=O) groups excluding carboxylic acids is 2. The molecular formula is C19H22Cl2N4O5S. The number of rotatable bonds is 6. The van der Waals surface area contributed by atoms with Gasteiger partial charge in [-0.3, -0.25) is 9.59 Å². The number of aryl methyl sites for hydroxylation is 2. The highest BCUT2D eigenvalue weighted by atomic mass is 35.5. The fraction of sp³-hybridized carbons (Fsp3) is 0.421. The van der Waals surface area contributed by atoms with Crippen LogP contribution in [-0.2, 0) is 31.4 Å². The van der Waals surface area contributed by atoms with E-state index in [4.69, 9.17) is 27.9 Å². The molecule has 0 atom stereocenters. The standard InChI is InChI=1S/C19H22Cl2N4O5S/c1-12-22-18(10-24(12)2)31(28,29)25-7-5-13(6-8-25)19(27)30-11-17(26)23-16-9-14(20)3-4-15(16)21/h3-4,9-10,13H,5-8,11H2,1-2H3,(H,23,26). The first kappa shape index (κ1) is 23.5. The van der Waals surface area contributed by atoms with Crippen molar-refractivity contribution in [2.24, 2.45) is 13.0 Å². The van der Waals surface area contributed by atoms with Crippen molar-refractivity contribution in [2.75, 3.05) is 25.0 Å². The number of nitrogens with one attached hydrogen (secondary N) is 1. The maximum Gasteiger partial charge on any atom is 0.309 e. The zero-order chi connectivity index (χ0) is 22.8. The summed E-state index contributed by atoms with van der Waals surface area (Å²) in [5, 5.41) is 3.23. The summed E-state index contributed by atoms with van der Waals surface area (Å²) in [5.74, 6) is -0.991. The van der Waals surface area contributed by atoms with Gasteiger partial charge >= 0.3 is 5.97 Å². The second-order valence-corrected chi connectivity index (χ2v) is 9.92. The summed E-state index contributed by atoms with van der Waals surface area (Å²) < 4.78 is 33.5. The number of sulfonamides is 1. The Bertz CT molecular complexity index is 1080. The Labute approximate surface area is 190 Å². The van der Waals surface area contributed by atoms with E-state index in [1.807, 2.05) is 0 Å². The summed E-state index contributed by atoms with van der Waals surface area (Å²) in [6, 6.07) is 4.61. The number of aromatic nitrogens is 2. The lowest BCUT2D eigenvalue weighted by atomic mass is 9.98. The molecule has 2 aromatic rings. The lowest BCUT2D eigenvalue weighted by molar-refractivity contribution is -0.152. The second-order valence-electron chi connectivity index (χ2n) is 7.20. The van der Waals surface area contributed by atoms with Crippen LogP contribution in [0.25, 0.3) is 0 Å². The lowest BCUT2D eigenvalue weighted by Gasteiger charge is -2.29. The number of halogens is 2. The third kappa shape index (κ3) is 5.57. The highest BCUT2D eigenvalue weighted by Gasteiger charge is 2.34. The molecule has 3 rings (SSSR count). The normalized spacial score (nSPS) is 15.6. The van der Waals surface area contributed by atoms with E-state index in [0.29, 0.717) is 34.4 Å². The third-order valence-electron chi connectivity index (χ3n) is 5.03. The lowest BCUT2D eigenvalue weighted by Crippen LogP contribution is -2.41. The van der Waals surface area contributed by atoms with Crippen LogP contribution >= 0.6 is 23.2 Å².